The fourth-order valence-electron chi connectivity index (χ4n) is 1.41. The first-order valence-electron chi connectivity index (χ1n) is 5.33. The van der Waals surface area contributed by atoms with E-state index in [1.807, 2.05) is 30.5 Å². The molecule has 0 spiro atoms. The Balaban J connectivity index is 1.83. The summed E-state index contributed by atoms with van der Waals surface area (Å²) in [5.41, 5.74) is 7.77. The van der Waals surface area contributed by atoms with Gasteiger partial charge in [0.1, 0.15) is 0 Å². The van der Waals surface area contributed by atoms with E-state index in [9.17, 15) is 0 Å². The van der Waals surface area contributed by atoms with Crippen LogP contribution in [0, 0.1) is 0 Å². The number of nitrogens with two attached hydrogens (primary N) is 1. The van der Waals surface area contributed by atoms with Crippen molar-refractivity contribution in [2.24, 2.45) is 0 Å². The number of benzene rings is 1. The topological polar surface area (TPSA) is 38.9 Å². The zero-order valence-corrected chi connectivity index (χ0v) is 11.7. The highest BCUT2D eigenvalue weighted by Crippen LogP contribution is 2.19. The minimum Gasteiger partial charge on any atom is -0.399 e. The van der Waals surface area contributed by atoms with Crippen LogP contribution in [0.2, 0.25) is 0 Å². The van der Waals surface area contributed by atoms with Gasteiger partial charge in [-0.25, -0.2) is 4.98 Å². The van der Waals surface area contributed by atoms with Crippen LogP contribution >= 0.6 is 27.7 Å². The molecule has 2 N–H and O–H groups in total. The molecule has 0 amide bonds. The number of aryl methyl sites for hydroxylation is 1. The lowest BCUT2D eigenvalue weighted by Crippen LogP contribution is -1.91. The highest BCUT2D eigenvalue weighted by molar-refractivity contribution is 9.10. The number of pyridine rings is 1. The SMILES string of the molecule is Nc1ccc(CCSc2ccc(Br)cn2)cc1. The first kappa shape index (κ1) is 12.5. The van der Waals surface area contributed by atoms with Crippen molar-refractivity contribution in [2.45, 2.75) is 11.4 Å². The molecule has 4 heteroatoms. The van der Waals surface area contributed by atoms with E-state index in [4.69, 9.17) is 5.73 Å². The van der Waals surface area contributed by atoms with E-state index < -0.39 is 0 Å². The van der Waals surface area contributed by atoms with Crippen molar-refractivity contribution in [1.82, 2.24) is 4.98 Å². The van der Waals surface area contributed by atoms with Crippen LogP contribution in [0.4, 0.5) is 5.69 Å². The Bertz CT molecular complexity index is 422. The van der Waals surface area contributed by atoms with Crippen LogP contribution < -0.4 is 5.73 Å². The molecule has 0 radical (unpaired) electrons. The largest absolute Gasteiger partial charge is 0.399 e. The van der Waals surface area contributed by atoms with Gasteiger partial charge in [0.05, 0.1) is 5.03 Å². The summed E-state index contributed by atoms with van der Waals surface area (Å²) in [6.45, 7) is 0. The Morgan fingerprint density at radius 3 is 2.53 bits per heavy atom. The number of nitrogen functional groups attached to an aromatic ring is 1. The molecule has 17 heavy (non-hydrogen) atoms. The van der Waals surface area contributed by atoms with Crippen molar-refractivity contribution >= 4 is 33.4 Å². The summed E-state index contributed by atoms with van der Waals surface area (Å²) in [7, 11) is 0. The molecule has 0 fully saturated rings. The van der Waals surface area contributed by atoms with Gasteiger partial charge in [-0.15, -0.1) is 11.8 Å². The summed E-state index contributed by atoms with van der Waals surface area (Å²) in [4.78, 5) is 4.32. The minimum atomic E-state index is 0.816. The van der Waals surface area contributed by atoms with Gasteiger partial charge in [-0.2, -0.15) is 0 Å². The van der Waals surface area contributed by atoms with E-state index in [-0.39, 0.29) is 0 Å². The second kappa shape index (κ2) is 6.07. The van der Waals surface area contributed by atoms with E-state index in [0.29, 0.717) is 0 Å². The van der Waals surface area contributed by atoms with Crippen LogP contribution in [0.3, 0.4) is 0 Å². The van der Waals surface area contributed by atoms with Gasteiger partial charge in [-0.05, 0) is 52.2 Å². The molecular weight excluding hydrogens is 296 g/mol. The standard InChI is InChI=1S/C13H13BrN2S/c14-11-3-6-13(16-9-11)17-8-7-10-1-4-12(15)5-2-10/h1-6,9H,7-8,15H2. The molecular formula is C13H13BrN2S. The lowest BCUT2D eigenvalue weighted by molar-refractivity contribution is 1.10. The molecule has 1 heterocycles. The van der Waals surface area contributed by atoms with Gasteiger partial charge in [0, 0.05) is 22.1 Å². The van der Waals surface area contributed by atoms with Crippen LogP contribution in [-0.4, -0.2) is 10.7 Å². The molecule has 0 bridgehead atoms. The highest BCUT2D eigenvalue weighted by atomic mass is 79.9. The third-order valence-electron chi connectivity index (χ3n) is 2.32. The zero-order chi connectivity index (χ0) is 12.1. The number of anilines is 1. The zero-order valence-electron chi connectivity index (χ0n) is 9.27. The summed E-state index contributed by atoms with van der Waals surface area (Å²) in [5, 5.41) is 1.06. The van der Waals surface area contributed by atoms with Gasteiger partial charge in [-0.3, -0.25) is 0 Å². The predicted octanol–water partition coefficient (Wildman–Crippen LogP) is 3.76. The molecule has 1 aromatic carbocycles. The number of hydrogen-bond donors (Lipinski definition) is 1. The Morgan fingerprint density at radius 1 is 1.12 bits per heavy atom. The van der Waals surface area contributed by atoms with E-state index in [1.54, 1.807) is 11.8 Å². The van der Waals surface area contributed by atoms with Crippen LogP contribution in [0.5, 0.6) is 0 Å². The normalized spacial score (nSPS) is 10.4. The van der Waals surface area contributed by atoms with E-state index >= 15 is 0 Å². The maximum Gasteiger partial charge on any atom is 0.0960 e. The van der Waals surface area contributed by atoms with Crippen molar-refractivity contribution in [3.63, 3.8) is 0 Å². The second-order valence-corrected chi connectivity index (χ2v) is 5.69. The van der Waals surface area contributed by atoms with Gasteiger partial charge in [0.15, 0.2) is 0 Å². The average Bonchev–Trinajstić information content (AvgIpc) is 2.34. The fourth-order valence-corrected chi connectivity index (χ4v) is 2.48. The average molecular weight is 309 g/mol. The van der Waals surface area contributed by atoms with Crippen molar-refractivity contribution in [1.29, 1.82) is 0 Å². The van der Waals surface area contributed by atoms with Crippen molar-refractivity contribution in [3.8, 4) is 0 Å². The van der Waals surface area contributed by atoms with Gasteiger partial charge < -0.3 is 5.73 Å². The number of rotatable bonds is 4. The monoisotopic (exact) mass is 308 g/mol. The fraction of sp³-hybridized carbons (Fsp3) is 0.154. The predicted molar refractivity (Wildman–Crippen MR) is 77.2 cm³/mol. The number of halogens is 1. The van der Waals surface area contributed by atoms with Gasteiger partial charge >= 0.3 is 0 Å². The lowest BCUT2D eigenvalue weighted by atomic mass is 10.2. The maximum absolute atomic E-state index is 5.64. The van der Waals surface area contributed by atoms with Crippen LogP contribution in [-0.2, 0) is 6.42 Å². The summed E-state index contributed by atoms with van der Waals surface area (Å²) in [6.07, 6.45) is 2.86. The Morgan fingerprint density at radius 2 is 1.88 bits per heavy atom. The number of aromatic nitrogens is 1. The molecule has 0 atom stereocenters. The first-order valence-corrected chi connectivity index (χ1v) is 7.11. The van der Waals surface area contributed by atoms with E-state index in [0.717, 1.165) is 27.4 Å². The third-order valence-corrected chi connectivity index (χ3v) is 3.74. The van der Waals surface area contributed by atoms with Crippen LogP contribution in [0.15, 0.2) is 52.1 Å². The minimum absolute atomic E-state index is 0.816. The van der Waals surface area contributed by atoms with Crippen molar-refractivity contribution in [2.75, 3.05) is 11.5 Å². The summed E-state index contributed by atoms with van der Waals surface area (Å²) in [6, 6.07) is 12.1. The summed E-state index contributed by atoms with van der Waals surface area (Å²) in [5.74, 6) is 1.03. The van der Waals surface area contributed by atoms with E-state index in [2.05, 4.69) is 33.0 Å². The number of hydrogen-bond acceptors (Lipinski definition) is 3. The molecule has 0 saturated carbocycles. The molecule has 2 nitrogen and oxygen atoms in total. The molecule has 2 aromatic rings. The molecule has 0 unspecified atom stereocenters. The summed E-state index contributed by atoms with van der Waals surface area (Å²) < 4.78 is 1.01. The quantitative estimate of drug-likeness (QED) is 0.690. The Labute approximate surface area is 114 Å². The molecule has 0 aliphatic heterocycles. The first-order chi connectivity index (χ1) is 8.24. The van der Waals surface area contributed by atoms with E-state index in [1.165, 1.54) is 5.56 Å². The Kier molecular flexibility index (Phi) is 4.45. The molecule has 0 aliphatic carbocycles. The molecule has 88 valence electrons. The smallest absolute Gasteiger partial charge is 0.0960 e. The number of nitrogens with zero attached hydrogens (tertiary/aromatic N) is 1. The molecule has 0 saturated heterocycles. The molecule has 0 aliphatic rings. The Hall–Kier alpha value is -1.00. The van der Waals surface area contributed by atoms with Crippen LogP contribution in [0.1, 0.15) is 5.56 Å². The highest BCUT2D eigenvalue weighted by Gasteiger charge is 1.97. The van der Waals surface area contributed by atoms with Crippen LogP contribution in [0.25, 0.3) is 0 Å². The van der Waals surface area contributed by atoms with Gasteiger partial charge in [-0.1, -0.05) is 12.1 Å². The van der Waals surface area contributed by atoms with Crippen molar-refractivity contribution in [3.05, 3.63) is 52.6 Å². The molecule has 1 aromatic heterocycles. The molecule has 2 rings (SSSR count). The van der Waals surface area contributed by atoms with Gasteiger partial charge in [0.25, 0.3) is 0 Å². The third kappa shape index (κ3) is 4.06. The lowest BCUT2D eigenvalue weighted by Gasteiger charge is -2.02. The number of thioether (sulfide) groups is 1. The van der Waals surface area contributed by atoms with Gasteiger partial charge in [0.2, 0.25) is 0 Å². The van der Waals surface area contributed by atoms with Crippen molar-refractivity contribution < 1.29 is 0 Å². The summed E-state index contributed by atoms with van der Waals surface area (Å²) >= 11 is 5.14. The second-order valence-electron chi connectivity index (χ2n) is 3.65. The maximum atomic E-state index is 5.64.